The second kappa shape index (κ2) is 10.3. The van der Waals surface area contributed by atoms with Crippen molar-refractivity contribution in [3.8, 4) is 0 Å². The zero-order valence-corrected chi connectivity index (χ0v) is 18.1. The number of nitrogens with zero attached hydrogens (tertiary/aromatic N) is 1. The SMILES string of the molecule is CCN(CC(=O)Nc1c(Cl)cccc1Cl)C(=O)c1ccccc1Cc1ccccc1. The normalized spacial score (nSPS) is 10.5. The lowest BCUT2D eigenvalue weighted by molar-refractivity contribution is -0.116. The number of hydrogen-bond acceptors (Lipinski definition) is 2. The molecule has 0 spiro atoms. The Morgan fingerprint density at radius 3 is 2.17 bits per heavy atom. The van der Waals surface area contributed by atoms with Gasteiger partial charge < -0.3 is 10.2 Å². The third kappa shape index (κ3) is 5.41. The zero-order chi connectivity index (χ0) is 21.5. The Kier molecular flexibility index (Phi) is 7.50. The fraction of sp³-hybridized carbons (Fsp3) is 0.167. The predicted molar refractivity (Wildman–Crippen MR) is 122 cm³/mol. The lowest BCUT2D eigenvalue weighted by atomic mass is 9.99. The molecule has 0 bridgehead atoms. The summed E-state index contributed by atoms with van der Waals surface area (Å²) in [4.78, 5) is 27.3. The van der Waals surface area contributed by atoms with Crippen LogP contribution in [0.1, 0.15) is 28.4 Å². The summed E-state index contributed by atoms with van der Waals surface area (Å²) < 4.78 is 0. The van der Waals surface area contributed by atoms with Gasteiger partial charge in [-0.15, -0.1) is 0 Å². The third-order valence-corrected chi connectivity index (χ3v) is 5.35. The summed E-state index contributed by atoms with van der Waals surface area (Å²) in [6.45, 7) is 2.13. The largest absolute Gasteiger partial charge is 0.330 e. The summed E-state index contributed by atoms with van der Waals surface area (Å²) in [6, 6.07) is 22.4. The van der Waals surface area contributed by atoms with Crippen molar-refractivity contribution < 1.29 is 9.59 Å². The van der Waals surface area contributed by atoms with Gasteiger partial charge in [0.1, 0.15) is 6.54 Å². The Hall–Kier alpha value is -2.82. The summed E-state index contributed by atoms with van der Waals surface area (Å²) >= 11 is 12.2. The van der Waals surface area contributed by atoms with E-state index >= 15 is 0 Å². The minimum atomic E-state index is -0.360. The van der Waals surface area contributed by atoms with Crippen molar-refractivity contribution >= 4 is 40.7 Å². The van der Waals surface area contributed by atoms with Crippen LogP contribution in [0.4, 0.5) is 5.69 Å². The monoisotopic (exact) mass is 440 g/mol. The number of anilines is 1. The molecule has 0 unspecified atom stereocenters. The average molecular weight is 441 g/mol. The second-order valence-electron chi connectivity index (χ2n) is 6.78. The van der Waals surface area contributed by atoms with E-state index < -0.39 is 0 Å². The van der Waals surface area contributed by atoms with Crippen molar-refractivity contribution in [2.24, 2.45) is 0 Å². The molecule has 1 N–H and O–H groups in total. The van der Waals surface area contributed by atoms with Crippen LogP contribution < -0.4 is 5.32 Å². The van der Waals surface area contributed by atoms with Crippen LogP contribution in [0.5, 0.6) is 0 Å². The van der Waals surface area contributed by atoms with Crippen LogP contribution >= 0.6 is 23.2 Å². The Morgan fingerprint density at radius 2 is 1.50 bits per heavy atom. The molecule has 0 aromatic heterocycles. The van der Waals surface area contributed by atoms with E-state index in [4.69, 9.17) is 23.2 Å². The van der Waals surface area contributed by atoms with Crippen molar-refractivity contribution in [3.63, 3.8) is 0 Å². The summed E-state index contributed by atoms with van der Waals surface area (Å²) in [5.41, 5.74) is 2.97. The van der Waals surface area contributed by atoms with Crippen LogP contribution in [-0.4, -0.2) is 29.8 Å². The second-order valence-corrected chi connectivity index (χ2v) is 7.60. The predicted octanol–water partition coefficient (Wildman–Crippen LogP) is 5.69. The van der Waals surface area contributed by atoms with Crippen LogP contribution in [0.2, 0.25) is 10.0 Å². The number of carbonyl (C=O) groups excluding carboxylic acids is 2. The van der Waals surface area contributed by atoms with E-state index in [-0.39, 0.29) is 18.4 Å². The maximum atomic E-state index is 13.2. The molecule has 0 saturated carbocycles. The summed E-state index contributed by atoms with van der Waals surface area (Å²) in [6.07, 6.45) is 0.641. The van der Waals surface area contributed by atoms with Crippen LogP contribution in [0.25, 0.3) is 0 Å². The Labute approximate surface area is 186 Å². The molecule has 30 heavy (non-hydrogen) atoms. The fourth-order valence-corrected chi connectivity index (χ4v) is 3.66. The van der Waals surface area contributed by atoms with Gasteiger partial charge >= 0.3 is 0 Å². The fourth-order valence-electron chi connectivity index (χ4n) is 3.17. The van der Waals surface area contributed by atoms with Crippen LogP contribution in [0, 0.1) is 0 Å². The van der Waals surface area contributed by atoms with Gasteiger partial charge in [-0.3, -0.25) is 9.59 Å². The first-order valence-electron chi connectivity index (χ1n) is 9.64. The van der Waals surface area contributed by atoms with Crippen molar-refractivity contribution in [2.75, 3.05) is 18.4 Å². The first-order chi connectivity index (χ1) is 14.5. The van der Waals surface area contributed by atoms with E-state index in [0.717, 1.165) is 11.1 Å². The molecule has 0 saturated heterocycles. The average Bonchev–Trinajstić information content (AvgIpc) is 2.75. The van der Waals surface area contributed by atoms with Gasteiger partial charge in [-0.1, -0.05) is 77.8 Å². The lowest BCUT2D eigenvalue weighted by Crippen LogP contribution is -2.38. The Bertz CT molecular complexity index is 1020. The standard InChI is InChI=1S/C24H22Cl2N2O2/c1-2-28(16-22(29)27-23-20(25)13-8-14-21(23)26)24(30)19-12-7-6-11-18(19)15-17-9-4-3-5-10-17/h3-14H,2,15-16H2,1H3,(H,27,29). The van der Waals surface area contributed by atoms with Gasteiger partial charge in [0.05, 0.1) is 15.7 Å². The zero-order valence-electron chi connectivity index (χ0n) is 16.6. The summed E-state index contributed by atoms with van der Waals surface area (Å²) in [5.74, 6) is -0.551. The highest BCUT2D eigenvalue weighted by Crippen LogP contribution is 2.29. The molecule has 0 aliphatic heterocycles. The molecule has 3 aromatic carbocycles. The van der Waals surface area contributed by atoms with E-state index in [1.165, 1.54) is 4.90 Å². The number of hydrogen-bond donors (Lipinski definition) is 1. The smallest absolute Gasteiger partial charge is 0.254 e. The molecule has 0 aliphatic carbocycles. The van der Waals surface area contributed by atoms with Gasteiger partial charge in [0.25, 0.3) is 5.91 Å². The molecular weight excluding hydrogens is 419 g/mol. The third-order valence-electron chi connectivity index (χ3n) is 4.72. The highest BCUT2D eigenvalue weighted by molar-refractivity contribution is 6.39. The molecule has 6 heteroatoms. The van der Waals surface area contributed by atoms with Gasteiger partial charge in [0, 0.05) is 12.1 Å². The molecule has 0 heterocycles. The summed E-state index contributed by atoms with van der Waals surface area (Å²) in [5, 5.41) is 3.40. The highest BCUT2D eigenvalue weighted by atomic mass is 35.5. The minimum absolute atomic E-state index is 0.101. The van der Waals surface area contributed by atoms with Crippen molar-refractivity contribution in [1.82, 2.24) is 4.90 Å². The van der Waals surface area contributed by atoms with Crippen LogP contribution in [0.15, 0.2) is 72.8 Å². The molecule has 0 aliphatic rings. The Morgan fingerprint density at radius 1 is 0.867 bits per heavy atom. The van der Waals surface area contributed by atoms with Gasteiger partial charge in [-0.2, -0.15) is 0 Å². The number of likely N-dealkylation sites (N-methyl/N-ethyl adjacent to an activating group) is 1. The molecule has 2 amide bonds. The molecule has 4 nitrogen and oxygen atoms in total. The maximum absolute atomic E-state index is 13.2. The van der Waals surface area contributed by atoms with E-state index in [2.05, 4.69) is 5.32 Å². The molecule has 3 rings (SSSR count). The van der Waals surface area contributed by atoms with Crippen LogP contribution in [-0.2, 0) is 11.2 Å². The molecule has 0 atom stereocenters. The quantitative estimate of drug-likeness (QED) is 0.513. The van der Waals surface area contributed by atoms with E-state index in [1.807, 2.05) is 55.5 Å². The van der Waals surface area contributed by atoms with E-state index in [0.29, 0.717) is 34.3 Å². The number of amides is 2. The first kappa shape index (κ1) is 21.9. The topological polar surface area (TPSA) is 49.4 Å². The van der Waals surface area contributed by atoms with E-state index in [9.17, 15) is 9.59 Å². The summed E-state index contributed by atoms with van der Waals surface area (Å²) in [7, 11) is 0. The lowest BCUT2D eigenvalue weighted by Gasteiger charge is -2.22. The number of rotatable bonds is 7. The van der Waals surface area contributed by atoms with Gasteiger partial charge in [0.2, 0.25) is 5.91 Å². The van der Waals surface area contributed by atoms with Crippen molar-refractivity contribution in [3.05, 3.63) is 99.5 Å². The van der Waals surface area contributed by atoms with Crippen LogP contribution in [0.3, 0.4) is 0 Å². The number of nitrogens with one attached hydrogen (secondary N) is 1. The number of para-hydroxylation sites is 1. The van der Waals surface area contributed by atoms with Gasteiger partial charge in [-0.25, -0.2) is 0 Å². The number of benzene rings is 3. The van der Waals surface area contributed by atoms with E-state index in [1.54, 1.807) is 24.3 Å². The molecule has 0 fully saturated rings. The van der Waals surface area contributed by atoms with Crippen molar-refractivity contribution in [2.45, 2.75) is 13.3 Å². The maximum Gasteiger partial charge on any atom is 0.254 e. The van der Waals surface area contributed by atoms with Gasteiger partial charge in [-0.05, 0) is 42.7 Å². The Balaban J connectivity index is 1.76. The number of carbonyl (C=O) groups is 2. The first-order valence-corrected chi connectivity index (χ1v) is 10.4. The molecular formula is C24H22Cl2N2O2. The molecule has 0 radical (unpaired) electrons. The van der Waals surface area contributed by atoms with Gasteiger partial charge in [0.15, 0.2) is 0 Å². The van der Waals surface area contributed by atoms with Crippen molar-refractivity contribution in [1.29, 1.82) is 0 Å². The minimum Gasteiger partial charge on any atom is -0.330 e. The highest BCUT2D eigenvalue weighted by Gasteiger charge is 2.21. The number of halogens is 2. The molecule has 3 aromatic rings. The molecule has 154 valence electrons.